The average molecular weight is 172 g/mol. The zero-order chi connectivity index (χ0) is 9.56. The van der Waals surface area contributed by atoms with Crippen molar-refractivity contribution in [3.63, 3.8) is 0 Å². The van der Waals surface area contributed by atoms with Gasteiger partial charge in [-0.3, -0.25) is 9.59 Å². The summed E-state index contributed by atoms with van der Waals surface area (Å²) in [5, 5.41) is 2.43. The molecule has 0 aliphatic rings. The Morgan fingerprint density at radius 3 is 2.50 bits per heavy atom. The van der Waals surface area contributed by atoms with E-state index in [9.17, 15) is 9.59 Å². The van der Waals surface area contributed by atoms with Gasteiger partial charge in [0.1, 0.15) is 0 Å². The highest BCUT2D eigenvalue weighted by molar-refractivity contribution is 5.83. The van der Waals surface area contributed by atoms with Crippen molar-refractivity contribution in [2.45, 2.75) is 26.7 Å². The minimum absolute atomic E-state index is 0.0603. The number of amides is 2. The van der Waals surface area contributed by atoms with Crippen LogP contribution in [-0.2, 0) is 9.59 Å². The summed E-state index contributed by atoms with van der Waals surface area (Å²) in [5.41, 5.74) is 4.85. The number of carbonyl (C=O) groups excluding carboxylic acids is 2. The fraction of sp³-hybridized carbons (Fsp3) is 0.750. The molecule has 0 aromatic heterocycles. The van der Waals surface area contributed by atoms with Crippen molar-refractivity contribution in [3.8, 4) is 0 Å². The molecule has 1 atom stereocenters. The summed E-state index contributed by atoms with van der Waals surface area (Å²) in [6.45, 7) is 3.95. The number of hydrogen-bond donors (Lipinski definition) is 2. The normalized spacial score (nSPS) is 12.2. The highest BCUT2D eigenvalue weighted by Gasteiger charge is 2.06. The molecule has 4 nitrogen and oxygen atoms in total. The molecule has 0 spiro atoms. The van der Waals surface area contributed by atoms with Gasteiger partial charge in [-0.1, -0.05) is 20.3 Å². The zero-order valence-electron chi connectivity index (χ0n) is 7.59. The third-order valence-electron chi connectivity index (χ3n) is 1.69. The van der Waals surface area contributed by atoms with E-state index in [4.69, 9.17) is 5.73 Å². The van der Waals surface area contributed by atoms with Gasteiger partial charge in [0.05, 0.1) is 6.54 Å². The van der Waals surface area contributed by atoms with Crippen LogP contribution in [0, 0.1) is 5.92 Å². The smallest absolute Gasteiger partial charge is 0.236 e. The third-order valence-corrected chi connectivity index (χ3v) is 1.69. The van der Waals surface area contributed by atoms with E-state index in [1.54, 1.807) is 0 Å². The average Bonchev–Trinajstić information content (AvgIpc) is 2.00. The fourth-order valence-electron chi connectivity index (χ4n) is 0.719. The molecular formula is C8H16N2O2. The molecule has 0 aromatic rings. The summed E-state index contributed by atoms with van der Waals surface area (Å²) >= 11 is 0. The van der Waals surface area contributed by atoms with Gasteiger partial charge in [-0.05, 0) is 5.92 Å². The lowest BCUT2D eigenvalue weighted by Gasteiger charge is -2.07. The molecular weight excluding hydrogens is 156 g/mol. The molecule has 0 aliphatic carbocycles. The Balaban J connectivity index is 3.53. The summed E-state index contributed by atoms with van der Waals surface area (Å²) in [4.78, 5) is 21.3. The molecule has 0 unspecified atom stereocenters. The van der Waals surface area contributed by atoms with Gasteiger partial charge < -0.3 is 11.1 Å². The minimum Gasteiger partial charge on any atom is -0.368 e. The number of rotatable bonds is 5. The van der Waals surface area contributed by atoms with E-state index in [2.05, 4.69) is 5.32 Å². The standard InChI is InChI=1S/C8H16N2O2/c1-3-6(2)4-8(12)10-5-7(9)11/h6H,3-5H2,1-2H3,(H2,9,11)(H,10,12)/t6-/m0/s1. The summed E-state index contributed by atoms with van der Waals surface area (Å²) in [7, 11) is 0. The van der Waals surface area contributed by atoms with E-state index in [0.29, 0.717) is 12.3 Å². The van der Waals surface area contributed by atoms with Gasteiger partial charge in [0.2, 0.25) is 11.8 Å². The molecule has 0 radical (unpaired) electrons. The second kappa shape index (κ2) is 5.57. The van der Waals surface area contributed by atoms with E-state index in [0.717, 1.165) is 6.42 Å². The topological polar surface area (TPSA) is 72.2 Å². The Labute approximate surface area is 72.5 Å². The first-order valence-electron chi connectivity index (χ1n) is 4.11. The first kappa shape index (κ1) is 10.9. The number of hydrogen-bond acceptors (Lipinski definition) is 2. The first-order valence-corrected chi connectivity index (χ1v) is 4.11. The van der Waals surface area contributed by atoms with Crippen LogP contribution in [0.15, 0.2) is 0 Å². The van der Waals surface area contributed by atoms with Crippen molar-refractivity contribution in [3.05, 3.63) is 0 Å². The molecule has 0 aliphatic heterocycles. The highest BCUT2D eigenvalue weighted by Crippen LogP contribution is 2.04. The van der Waals surface area contributed by atoms with Crippen LogP contribution in [0.3, 0.4) is 0 Å². The van der Waals surface area contributed by atoms with Crippen LogP contribution >= 0.6 is 0 Å². The maximum absolute atomic E-state index is 11.0. The van der Waals surface area contributed by atoms with Gasteiger partial charge in [-0.25, -0.2) is 0 Å². The van der Waals surface area contributed by atoms with E-state index in [-0.39, 0.29) is 12.5 Å². The molecule has 12 heavy (non-hydrogen) atoms. The first-order chi connectivity index (χ1) is 5.56. The Bertz CT molecular complexity index is 168. The van der Waals surface area contributed by atoms with Gasteiger partial charge >= 0.3 is 0 Å². The second-order valence-corrected chi connectivity index (χ2v) is 2.96. The molecule has 3 N–H and O–H groups in total. The highest BCUT2D eigenvalue weighted by atomic mass is 16.2. The van der Waals surface area contributed by atoms with E-state index < -0.39 is 5.91 Å². The minimum atomic E-state index is -0.507. The molecule has 0 rings (SSSR count). The van der Waals surface area contributed by atoms with Crippen LogP contribution < -0.4 is 11.1 Å². The van der Waals surface area contributed by atoms with Crippen LogP contribution in [0.1, 0.15) is 26.7 Å². The van der Waals surface area contributed by atoms with Crippen LogP contribution in [0.5, 0.6) is 0 Å². The molecule has 4 heteroatoms. The van der Waals surface area contributed by atoms with Crippen molar-refractivity contribution < 1.29 is 9.59 Å². The predicted octanol–water partition coefficient (Wildman–Crippen LogP) is 0.0241. The van der Waals surface area contributed by atoms with Crippen LogP contribution in [-0.4, -0.2) is 18.4 Å². The van der Waals surface area contributed by atoms with Gasteiger partial charge in [0.25, 0.3) is 0 Å². The van der Waals surface area contributed by atoms with Crippen molar-refractivity contribution in [2.24, 2.45) is 11.7 Å². The number of carbonyl (C=O) groups is 2. The SMILES string of the molecule is CC[C@H](C)CC(=O)NCC(N)=O. The second-order valence-electron chi connectivity index (χ2n) is 2.96. The van der Waals surface area contributed by atoms with Crippen molar-refractivity contribution in [1.29, 1.82) is 0 Å². The van der Waals surface area contributed by atoms with E-state index >= 15 is 0 Å². The Morgan fingerprint density at radius 1 is 1.50 bits per heavy atom. The van der Waals surface area contributed by atoms with Crippen molar-refractivity contribution in [1.82, 2.24) is 5.32 Å². The zero-order valence-corrected chi connectivity index (χ0v) is 7.59. The lowest BCUT2D eigenvalue weighted by Crippen LogP contribution is -2.33. The van der Waals surface area contributed by atoms with Gasteiger partial charge in [0.15, 0.2) is 0 Å². The molecule has 0 saturated carbocycles. The number of primary amides is 1. The quantitative estimate of drug-likeness (QED) is 0.613. The Morgan fingerprint density at radius 2 is 2.08 bits per heavy atom. The molecule has 0 aromatic carbocycles. The monoisotopic (exact) mass is 172 g/mol. The molecule has 0 saturated heterocycles. The maximum atomic E-state index is 11.0. The van der Waals surface area contributed by atoms with Crippen LogP contribution in [0.25, 0.3) is 0 Å². The van der Waals surface area contributed by atoms with Crippen LogP contribution in [0.2, 0.25) is 0 Å². The fourth-order valence-corrected chi connectivity index (χ4v) is 0.719. The van der Waals surface area contributed by atoms with Gasteiger partial charge in [-0.2, -0.15) is 0 Å². The lowest BCUT2D eigenvalue weighted by molar-refractivity contribution is -0.125. The molecule has 70 valence electrons. The lowest BCUT2D eigenvalue weighted by atomic mass is 10.1. The summed E-state index contributed by atoms with van der Waals surface area (Å²) < 4.78 is 0. The summed E-state index contributed by atoms with van der Waals surface area (Å²) in [6.07, 6.45) is 1.42. The molecule has 2 amide bonds. The largest absolute Gasteiger partial charge is 0.368 e. The molecule has 0 fully saturated rings. The van der Waals surface area contributed by atoms with Crippen LogP contribution in [0.4, 0.5) is 0 Å². The predicted molar refractivity (Wildman–Crippen MR) is 46.3 cm³/mol. The Hall–Kier alpha value is -1.06. The maximum Gasteiger partial charge on any atom is 0.236 e. The number of nitrogens with one attached hydrogen (secondary N) is 1. The van der Waals surface area contributed by atoms with Crippen molar-refractivity contribution >= 4 is 11.8 Å². The van der Waals surface area contributed by atoms with Gasteiger partial charge in [0, 0.05) is 6.42 Å². The van der Waals surface area contributed by atoms with Gasteiger partial charge in [-0.15, -0.1) is 0 Å². The van der Waals surface area contributed by atoms with E-state index in [1.807, 2.05) is 13.8 Å². The molecule has 0 heterocycles. The number of nitrogens with two attached hydrogens (primary N) is 1. The third kappa shape index (κ3) is 5.70. The summed E-state index contributed by atoms with van der Waals surface area (Å²) in [5.74, 6) is -0.256. The summed E-state index contributed by atoms with van der Waals surface area (Å²) in [6, 6.07) is 0. The molecule has 0 bridgehead atoms. The van der Waals surface area contributed by atoms with Crippen molar-refractivity contribution in [2.75, 3.05) is 6.54 Å². The Kier molecular flexibility index (Phi) is 5.08. The van der Waals surface area contributed by atoms with E-state index in [1.165, 1.54) is 0 Å².